The second-order valence-corrected chi connectivity index (χ2v) is 6.51. The minimum atomic E-state index is -0.450. The maximum Gasteiger partial charge on any atom is 0.277 e. The Hall–Kier alpha value is -2.38. The molecule has 0 bridgehead atoms. The third-order valence-corrected chi connectivity index (χ3v) is 4.37. The van der Waals surface area contributed by atoms with Crippen LogP contribution >= 0.6 is 23.4 Å². The second-order valence-electron chi connectivity index (χ2n) is 5.17. The monoisotopic (exact) mass is 377 g/mol. The number of aromatic nitrogens is 2. The van der Waals surface area contributed by atoms with Crippen LogP contribution in [0.1, 0.15) is 5.56 Å². The standard InChI is InChI=1S/C17H13ClFN3O2S/c1-10-6-7-14(12(18)8-10)20-15(23)9-25-17-22-21-16(24-17)11-4-2-3-5-13(11)19/h2-8H,9H2,1H3,(H,20,23). The Labute approximate surface area is 152 Å². The lowest BCUT2D eigenvalue weighted by molar-refractivity contribution is -0.113. The van der Waals surface area contributed by atoms with Crippen LogP contribution in [0.25, 0.3) is 11.5 Å². The molecule has 25 heavy (non-hydrogen) atoms. The van der Waals surface area contributed by atoms with Crippen LogP contribution in [0.15, 0.2) is 52.1 Å². The lowest BCUT2D eigenvalue weighted by Gasteiger charge is -2.06. The highest BCUT2D eigenvalue weighted by molar-refractivity contribution is 7.99. The summed E-state index contributed by atoms with van der Waals surface area (Å²) < 4.78 is 19.1. The molecular formula is C17H13ClFN3O2S. The highest BCUT2D eigenvalue weighted by Gasteiger charge is 2.14. The van der Waals surface area contributed by atoms with E-state index in [-0.39, 0.29) is 28.3 Å². The number of thioether (sulfide) groups is 1. The summed E-state index contributed by atoms with van der Waals surface area (Å²) in [6.07, 6.45) is 0. The number of anilines is 1. The molecule has 5 nitrogen and oxygen atoms in total. The molecule has 0 saturated heterocycles. The quantitative estimate of drug-likeness (QED) is 0.660. The molecule has 1 aromatic heterocycles. The van der Waals surface area contributed by atoms with E-state index < -0.39 is 5.82 Å². The molecular weight excluding hydrogens is 365 g/mol. The molecule has 0 aliphatic carbocycles. The summed E-state index contributed by atoms with van der Waals surface area (Å²) in [7, 11) is 0. The highest BCUT2D eigenvalue weighted by Crippen LogP contribution is 2.26. The van der Waals surface area contributed by atoms with Crippen molar-refractivity contribution in [3.8, 4) is 11.5 Å². The number of hydrogen-bond acceptors (Lipinski definition) is 5. The molecule has 1 amide bonds. The van der Waals surface area contributed by atoms with E-state index in [0.29, 0.717) is 10.7 Å². The summed E-state index contributed by atoms with van der Waals surface area (Å²) in [5.74, 6) is -0.582. The number of nitrogens with one attached hydrogen (secondary N) is 1. The first-order valence-corrected chi connectivity index (χ1v) is 8.66. The van der Waals surface area contributed by atoms with Gasteiger partial charge in [-0.1, -0.05) is 41.6 Å². The number of benzene rings is 2. The van der Waals surface area contributed by atoms with Crippen molar-refractivity contribution in [2.75, 3.05) is 11.1 Å². The summed E-state index contributed by atoms with van der Waals surface area (Å²) in [6.45, 7) is 1.91. The van der Waals surface area contributed by atoms with E-state index >= 15 is 0 Å². The van der Waals surface area contributed by atoms with Crippen molar-refractivity contribution in [3.05, 3.63) is 58.9 Å². The molecule has 2 aromatic carbocycles. The van der Waals surface area contributed by atoms with Crippen LogP contribution in [0, 0.1) is 12.7 Å². The zero-order valence-electron chi connectivity index (χ0n) is 13.1. The smallest absolute Gasteiger partial charge is 0.277 e. The average molecular weight is 378 g/mol. The van der Waals surface area contributed by atoms with Crippen LogP contribution in [-0.2, 0) is 4.79 Å². The summed E-state index contributed by atoms with van der Waals surface area (Å²) in [5.41, 5.74) is 1.76. The van der Waals surface area contributed by atoms with Crippen molar-refractivity contribution < 1.29 is 13.6 Å². The van der Waals surface area contributed by atoms with Crippen molar-refractivity contribution in [1.82, 2.24) is 10.2 Å². The average Bonchev–Trinajstić information content (AvgIpc) is 3.05. The third-order valence-electron chi connectivity index (χ3n) is 3.24. The Morgan fingerprint density at radius 3 is 2.84 bits per heavy atom. The van der Waals surface area contributed by atoms with Crippen LogP contribution in [0.3, 0.4) is 0 Å². The van der Waals surface area contributed by atoms with Crippen molar-refractivity contribution in [3.63, 3.8) is 0 Å². The first-order valence-electron chi connectivity index (χ1n) is 7.30. The van der Waals surface area contributed by atoms with Crippen LogP contribution in [0.5, 0.6) is 0 Å². The molecule has 0 spiro atoms. The van der Waals surface area contributed by atoms with Crippen LogP contribution in [0.2, 0.25) is 5.02 Å². The van der Waals surface area contributed by atoms with Gasteiger partial charge in [-0.2, -0.15) is 0 Å². The number of nitrogens with zero attached hydrogens (tertiary/aromatic N) is 2. The van der Waals surface area contributed by atoms with E-state index in [4.69, 9.17) is 16.0 Å². The van der Waals surface area contributed by atoms with Gasteiger partial charge in [-0.15, -0.1) is 10.2 Å². The summed E-state index contributed by atoms with van der Waals surface area (Å²) in [6, 6.07) is 11.5. The molecule has 3 aromatic rings. The maximum atomic E-state index is 13.7. The number of amides is 1. The van der Waals surface area contributed by atoms with Crippen LogP contribution < -0.4 is 5.32 Å². The Bertz CT molecular complexity index is 916. The second kappa shape index (κ2) is 7.67. The van der Waals surface area contributed by atoms with Crippen molar-refractivity contribution in [1.29, 1.82) is 0 Å². The Morgan fingerprint density at radius 1 is 1.28 bits per heavy atom. The number of rotatable bonds is 5. The minimum Gasteiger partial charge on any atom is -0.411 e. The fourth-order valence-corrected chi connectivity index (χ4v) is 2.89. The van der Waals surface area contributed by atoms with Gasteiger partial charge in [-0.05, 0) is 36.8 Å². The largest absolute Gasteiger partial charge is 0.411 e. The molecule has 3 rings (SSSR count). The maximum absolute atomic E-state index is 13.7. The van der Waals surface area contributed by atoms with E-state index in [1.165, 1.54) is 6.07 Å². The molecule has 1 N–H and O–H groups in total. The van der Waals surface area contributed by atoms with Gasteiger partial charge in [0, 0.05) is 0 Å². The van der Waals surface area contributed by atoms with Crippen LogP contribution in [-0.4, -0.2) is 21.9 Å². The molecule has 0 unspecified atom stereocenters. The Balaban J connectivity index is 1.60. The van der Waals surface area contributed by atoms with Gasteiger partial charge in [0.25, 0.3) is 11.1 Å². The predicted octanol–water partition coefficient (Wildman–Crippen LogP) is 4.57. The summed E-state index contributed by atoms with van der Waals surface area (Å²) in [5, 5.41) is 11.0. The van der Waals surface area contributed by atoms with Gasteiger partial charge in [0.2, 0.25) is 5.91 Å². The number of halogens is 2. The topological polar surface area (TPSA) is 68.0 Å². The number of carbonyl (C=O) groups excluding carboxylic acids is 1. The molecule has 0 fully saturated rings. The van der Waals surface area contributed by atoms with Crippen molar-refractivity contribution >= 4 is 35.0 Å². The molecule has 0 aliphatic rings. The SMILES string of the molecule is Cc1ccc(NC(=O)CSc2nnc(-c3ccccc3F)o2)c(Cl)c1. The van der Waals surface area contributed by atoms with Gasteiger partial charge >= 0.3 is 0 Å². The molecule has 8 heteroatoms. The Kier molecular flexibility index (Phi) is 5.35. The van der Waals surface area contributed by atoms with E-state index in [2.05, 4.69) is 15.5 Å². The number of hydrogen-bond donors (Lipinski definition) is 1. The molecule has 0 saturated carbocycles. The van der Waals surface area contributed by atoms with Gasteiger partial charge in [0.1, 0.15) is 5.82 Å². The number of carbonyl (C=O) groups is 1. The normalized spacial score (nSPS) is 10.7. The van der Waals surface area contributed by atoms with E-state index in [9.17, 15) is 9.18 Å². The van der Waals surface area contributed by atoms with E-state index in [1.807, 2.05) is 13.0 Å². The van der Waals surface area contributed by atoms with Gasteiger partial charge < -0.3 is 9.73 Å². The van der Waals surface area contributed by atoms with E-state index in [1.54, 1.807) is 30.3 Å². The lowest BCUT2D eigenvalue weighted by Crippen LogP contribution is -2.14. The Morgan fingerprint density at radius 2 is 2.08 bits per heavy atom. The molecule has 0 atom stereocenters. The first-order chi connectivity index (χ1) is 12.0. The highest BCUT2D eigenvalue weighted by atomic mass is 35.5. The summed E-state index contributed by atoms with van der Waals surface area (Å²) in [4.78, 5) is 12.0. The summed E-state index contributed by atoms with van der Waals surface area (Å²) >= 11 is 7.14. The fraction of sp³-hybridized carbons (Fsp3) is 0.118. The zero-order valence-corrected chi connectivity index (χ0v) is 14.7. The van der Waals surface area contributed by atoms with Crippen molar-refractivity contribution in [2.45, 2.75) is 12.1 Å². The predicted molar refractivity (Wildman–Crippen MR) is 95.2 cm³/mol. The minimum absolute atomic E-state index is 0.0586. The van der Waals surface area contributed by atoms with Gasteiger partial charge in [0.15, 0.2) is 0 Å². The molecule has 128 valence electrons. The first kappa shape index (κ1) is 17.4. The fourth-order valence-electron chi connectivity index (χ4n) is 2.05. The molecule has 0 aliphatic heterocycles. The van der Waals surface area contributed by atoms with Gasteiger partial charge in [0.05, 0.1) is 22.0 Å². The third kappa shape index (κ3) is 4.37. The lowest BCUT2D eigenvalue weighted by atomic mass is 10.2. The molecule has 0 radical (unpaired) electrons. The molecule has 1 heterocycles. The van der Waals surface area contributed by atoms with Gasteiger partial charge in [-0.25, -0.2) is 4.39 Å². The van der Waals surface area contributed by atoms with Crippen LogP contribution in [0.4, 0.5) is 10.1 Å². The number of aryl methyl sites for hydroxylation is 1. The van der Waals surface area contributed by atoms with Gasteiger partial charge in [-0.3, -0.25) is 4.79 Å². The van der Waals surface area contributed by atoms with Crippen molar-refractivity contribution in [2.24, 2.45) is 0 Å². The zero-order chi connectivity index (χ0) is 17.8. The van der Waals surface area contributed by atoms with E-state index in [0.717, 1.165) is 17.3 Å².